The fourth-order valence-corrected chi connectivity index (χ4v) is 2.14. The lowest BCUT2D eigenvalue weighted by Gasteiger charge is -2.33. The minimum Gasteiger partial charge on any atom is -0.512 e. The van der Waals surface area contributed by atoms with Crippen molar-refractivity contribution in [2.75, 3.05) is 6.54 Å². The normalized spacial score (nSPS) is 28.2. The fourth-order valence-electron chi connectivity index (χ4n) is 2.14. The molecular formula is C13H14F3NO2. The zero-order valence-corrected chi connectivity index (χ0v) is 10.3. The molecule has 0 spiro atoms. The molecule has 0 saturated carbocycles. The van der Waals surface area contributed by atoms with Crippen LogP contribution in [-0.2, 0) is 4.79 Å². The van der Waals surface area contributed by atoms with E-state index in [1.54, 1.807) is 6.92 Å². The van der Waals surface area contributed by atoms with E-state index in [9.17, 15) is 23.1 Å². The van der Waals surface area contributed by atoms with Crippen LogP contribution in [0.4, 0.5) is 13.2 Å². The van der Waals surface area contributed by atoms with Gasteiger partial charge in [0, 0.05) is 24.2 Å². The maximum Gasteiger partial charge on any atom is 0.396 e. The summed E-state index contributed by atoms with van der Waals surface area (Å²) < 4.78 is 38.1. The Hall–Kier alpha value is -1.72. The highest BCUT2D eigenvalue weighted by molar-refractivity contribution is 5.90. The van der Waals surface area contributed by atoms with Gasteiger partial charge in [0.2, 0.25) is 5.91 Å². The van der Waals surface area contributed by atoms with E-state index in [2.05, 4.69) is 0 Å². The summed E-state index contributed by atoms with van der Waals surface area (Å²) in [6.45, 7) is 1.36. The third kappa shape index (κ3) is 2.83. The van der Waals surface area contributed by atoms with Gasteiger partial charge in [0.15, 0.2) is 0 Å². The molecular weight excluding hydrogens is 259 g/mol. The number of hydrogen-bond acceptors (Lipinski definition) is 2. The van der Waals surface area contributed by atoms with E-state index < -0.39 is 24.5 Å². The van der Waals surface area contributed by atoms with Crippen LogP contribution < -0.4 is 0 Å². The molecule has 1 amide bonds. The molecule has 3 nitrogen and oxygen atoms in total. The first-order valence-corrected chi connectivity index (χ1v) is 5.95. The molecule has 1 aliphatic carbocycles. The van der Waals surface area contributed by atoms with Crippen LogP contribution >= 0.6 is 0 Å². The third-order valence-electron chi connectivity index (χ3n) is 3.35. The Balaban J connectivity index is 2.22. The molecule has 0 aromatic rings. The van der Waals surface area contributed by atoms with Crippen molar-refractivity contribution in [2.24, 2.45) is 11.8 Å². The van der Waals surface area contributed by atoms with Crippen molar-refractivity contribution in [2.45, 2.75) is 19.5 Å². The molecule has 104 valence electrons. The Labute approximate surface area is 108 Å². The molecule has 1 N–H and O–H groups in total. The van der Waals surface area contributed by atoms with Gasteiger partial charge in [-0.25, -0.2) is 0 Å². The molecule has 1 aliphatic heterocycles. The summed E-state index contributed by atoms with van der Waals surface area (Å²) >= 11 is 0. The summed E-state index contributed by atoms with van der Waals surface area (Å²) in [5, 5.41) is 9.46. The predicted molar refractivity (Wildman–Crippen MR) is 63.0 cm³/mol. The number of aliphatic hydroxyl groups is 1. The van der Waals surface area contributed by atoms with Gasteiger partial charge in [-0.05, 0) is 18.6 Å². The highest BCUT2D eigenvalue weighted by Crippen LogP contribution is 2.33. The molecule has 1 heterocycles. The lowest BCUT2D eigenvalue weighted by Crippen LogP contribution is -2.42. The molecule has 0 fully saturated rings. The van der Waals surface area contributed by atoms with Crippen molar-refractivity contribution in [1.82, 2.24) is 4.90 Å². The number of hydrogen-bond donors (Lipinski definition) is 1. The average molecular weight is 273 g/mol. The number of carbonyl (C=O) groups is 1. The van der Waals surface area contributed by atoms with Gasteiger partial charge in [0.25, 0.3) is 0 Å². The Bertz CT molecular complexity index is 477. The van der Waals surface area contributed by atoms with E-state index in [0.29, 0.717) is 12.1 Å². The molecule has 2 atom stereocenters. The highest BCUT2D eigenvalue weighted by atomic mass is 19.4. The van der Waals surface area contributed by atoms with Gasteiger partial charge >= 0.3 is 6.18 Å². The average Bonchev–Trinajstić information content (AvgIpc) is 2.32. The van der Waals surface area contributed by atoms with Crippen LogP contribution in [-0.4, -0.2) is 28.6 Å². The number of alkyl halides is 3. The standard InChI is InChI=1S/C13H14F3NO2/c1-8-6-10(3-4-11(8)18)17-7-9(13(14,15)16)2-5-12(17)19/h2-5,8-9,18H,6-7H2,1H3. The van der Waals surface area contributed by atoms with Gasteiger partial charge < -0.3 is 10.0 Å². The largest absolute Gasteiger partial charge is 0.512 e. The Kier molecular flexibility index (Phi) is 3.43. The molecule has 0 bridgehead atoms. The van der Waals surface area contributed by atoms with Crippen molar-refractivity contribution in [3.05, 3.63) is 35.8 Å². The zero-order chi connectivity index (χ0) is 14.2. The first-order valence-electron chi connectivity index (χ1n) is 5.95. The first kappa shape index (κ1) is 13.7. The maximum absolute atomic E-state index is 12.7. The van der Waals surface area contributed by atoms with E-state index in [0.717, 1.165) is 17.1 Å². The predicted octanol–water partition coefficient (Wildman–Crippen LogP) is 2.93. The van der Waals surface area contributed by atoms with Crippen LogP contribution in [0, 0.1) is 11.8 Å². The van der Waals surface area contributed by atoms with E-state index in [1.165, 1.54) is 12.2 Å². The van der Waals surface area contributed by atoms with Crippen LogP contribution in [0.15, 0.2) is 35.8 Å². The van der Waals surface area contributed by atoms with Crippen molar-refractivity contribution in [3.8, 4) is 0 Å². The molecule has 0 aromatic carbocycles. The Morgan fingerprint density at radius 3 is 2.63 bits per heavy atom. The Morgan fingerprint density at radius 2 is 2.05 bits per heavy atom. The number of halogens is 3. The van der Waals surface area contributed by atoms with Gasteiger partial charge in [-0.15, -0.1) is 0 Å². The fraction of sp³-hybridized carbons (Fsp3) is 0.462. The summed E-state index contributed by atoms with van der Waals surface area (Å²) in [6.07, 6.45) is 0.794. The van der Waals surface area contributed by atoms with E-state index in [-0.39, 0.29) is 11.7 Å². The maximum atomic E-state index is 12.7. The number of rotatable bonds is 1. The van der Waals surface area contributed by atoms with Gasteiger partial charge in [0.05, 0.1) is 11.7 Å². The van der Waals surface area contributed by atoms with Crippen LogP contribution in [0.25, 0.3) is 0 Å². The molecule has 2 rings (SSSR count). The van der Waals surface area contributed by atoms with E-state index >= 15 is 0 Å². The van der Waals surface area contributed by atoms with Crippen molar-refractivity contribution in [3.63, 3.8) is 0 Å². The molecule has 6 heteroatoms. The Morgan fingerprint density at radius 1 is 1.37 bits per heavy atom. The van der Waals surface area contributed by atoms with Crippen molar-refractivity contribution in [1.29, 1.82) is 0 Å². The number of carbonyl (C=O) groups excluding carboxylic acids is 1. The SMILES string of the molecule is CC1CC(N2CC(C(F)(F)F)C=CC2=O)=CC=C1O. The first-order chi connectivity index (χ1) is 8.79. The highest BCUT2D eigenvalue weighted by Gasteiger charge is 2.42. The number of amides is 1. The second kappa shape index (κ2) is 4.75. The second-order valence-electron chi connectivity index (χ2n) is 4.81. The van der Waals surface area contributed by atoms with Crippen molar-refractivity contribution >= 4 is 5.91 Å². The number of aliphatic hydroxyl groups excluding tert-OH is 1. The van der Waals surface area contributed by atoms with Gasteiger partial charge in [-0.1, -0.05) is 13.0 Å². The quantitative estimate of drug-likeness (QED) is 0.798. The summed E-state index contributed by atoms with van der Waals surface area (Å²) in [6, 6.07) is 0. The molecule has 2 unspecified atom stereocenters. The minimum atomic E-state index is -4.35. The van der Waals surface area contributed by atoms with Gasteiger partial charge in [-0.2, -0.15) is 13.2 Å². The van der Waals surface area contributed by atoms with Crippen LogP contribution in [0.2, 0.25) is 0 Å². The summed E-state index contributed by atoms with van der Waals surface area (Å²) in [5.41, 5.74) is 0.508. The van der Waals surface area contributed by atoms with E-state index in [4.69, 9.17) is 0 Å². The topological polar surface area (TPSA) is 40.5 Å². The number of nitrogens with zero attached hydrogens (tertiary/aromatic N) is 1. The lowest BCUT2D eigenvalue weighted by molar-refractivity contribution is -0.167. The van der Waals surface area contributed by atoms with Crippen LogP contribution in [0.5, 0.6) is 0 Å². The van der Waals surface area contributed by atoms with Crippen LogP contribution in [0.1, 0.15) is 13.3 Å². The minimum absolute atomic E-state index is 0.177. The lowest BCUT2D eigenvalue weighted by atomic mass is 9.95. The number of allylic oxidation sites excluding steroid dienone is 4. The van der Waals surface area contributed by atoms with Crippen molar-refractivity contribution < 1.29 is 23.1 Å². The molecule has 19 heavy (non-hydrogen) atoms. The summed E-state index contributed by atoms with van der Waals surface area (Å²) in [5.74, 6) is -2.10. The zero-order valence-electron chi connectivity index (χ0n) is 10.3. The smallest absolute Gasteiger partial charge is 0.396 e. The molecule has 2 aliphatic rings. The third-order valence-corrected chi connectivity index (χ3v) is 3.35. The monoisotopic (exact) mass is 273 g/mol. The second-order valence-corrected chi connectivity index (χ2v) is 4.81. The van der Waals surface area contributed by atoms with Gasteiger partial charge in [-0.3, -0.25) is 4.79 Å². The summed E-state index contributed by atoms with van der Waals surface area (Å²) in [4.78, 5) is 12.8. The van der Waals surface area contributed by atoms with Crippen LogP contribution in [0.3, 0.4) is 0 Å². The van der Waals surface area contributed by atoms with E-state index in [1.807, 2.05) is 0 Å². The molecule has 0 aromatic heterocycles. The molecule has 0 saturated heterocycles. The molecule has 0 radical (unpaired) electrons. The summed E-state index contributed by atoms with van der Waals surface area (Å²) in [7, 11) is 0. The van der Waals surface area contributed by atoms with Gasteiger partial charge in [0.1, 0.15) is 0 Å².